The van der Waals surface area contributed by atoms with Crippen LogP contribution in [0.25, 0.3) is 0 Å². The highest BCUT2D eigenvalue weighted by molar-refractivity contribution is 9.10. The first-order valence-electron chi connectivity index (χ1n) is 7.37. The Balaban J connectivity index is 1.72. The number of carbonyl (C=O) groups excluding carboxylic acids is 2. The molecule has 0 radical (unpaired) electrons. The monoisotopic (exact) mass is 357 g/mol. The fourth-order valence-electron chi connectivity index (χ4n) is 2.50. The lowest BCUT2D eigenvalue weighted by Crippen LogP contribution is -2.38. The van der Waals surface area contributed by atoms with Crippen LogP contribution in [0.5, 0.6) is 0 Å². The van der Waals surface area contributed by atoms with Crippen molar-refractivity contribution in [2.75, 3.05) is 6.61 Å². The van der Waals surface area contributed by atoms with Crippen LogP contribution in [0.1, 0.15) is 55.5 Å². The molecule has 6 heteroatoms. The van der Waals surface area contributed by atoms with E-state index in [4.69, 9.17) is 9.15 Å². The summed E-state index contributed by atoms with van der Waals surface area (Å²) in [5.74, 6) is -0.798. The Bertz CT molecular complexity index is 478. The molecule has 0 saturated heterocycles. The third-order valence-corrected chi connectivity index (χ3v) is 4.01. The quantitative estimate of drug-likeness (QED) is 0.838. The molecule has 1 N–H and O–H groups in total. The zero-order valence-corrected chi connectivity index (χ0v) is 13.5. The molecule has 0 bridgehead atoms. The highest BCUT2D eigenvalue weighted by atomic mass is 79.9. The van der Waals surface area contributed by atoms with E-state index >= 15 is 0 Å². The Morgan fingerprint density at radius 3 is 2.48 bits per heavy atom. The zero-order chi connectivity index (χ0) is 15.1. The molecule has 0 atom stereocenters. The number of halogens is 1. The number of carbonyl (C=O) groups is 2. The van der Waals surface area contributed by atoms with Gasteiger partial charge in [0.05, 0.1) is 0 Å². The van der Waals surface area contributed by atoms with Crippen molar-refractivity contribution in [3.8, 4) is 0 Å². The molecule has 1 aliphatic rings. The predicted octanol–water partition coefficient (Wildman–Crippen LogP) is 3.43. The first kappa shape index (κ1) is 16.1. The molecular weight excluding hydrogens is 338 g/mol. The van der Waals surface area contributed by atoms with E-state index < -0.39 is 5.97 Å². The minimum Gasteiger partial charge on any atom is -0.450 e. The molecular formula is C15H20BrNO4. The Labute approximate surface area is 132 Å². The molecule has 0 aromatic carbocycles. The summed E-state index contributed by atoms with van der Waals surface area (Å²) in [6, 6.07) is 3.30. The summed E-state index contributed by atoms with van der Waals surface area (Å²) in [5.41, 5.74) is 0. The first-order valence-corrected chi connectivity index (χ1v) is 8.16. The molecule has 1 heterocycles. The molecule has 1 aromatic rings. The van der Waals surface area contributed by atoms with Crippen LogP contribution in [-0.2, 0) is 9.53 Å². The SMILES string of the molecule is O=C(COC(=O)c1ccc(Br)o1)NC1CCCCCCC1. The molecule has 1 saturated carbocycles. The molecule has 1 aromatic heterocycles. The van der Waals surface area contributed by atoms with Gasteiger partial charge in [-0.25, -0.2) is 4.79 Å². The second kappa shape index (κ2) is 8.22. The molecule has 21 heavy (non-hydrogen) atoms. The van der Waals surface area contributed by atoms with Crippen LogP contribution in [-0.4, -0.2) is 24.5 Å². The Morgan fingerprint density at radius 1 is 1.19 bits per heavy atom. The Morgan fingerprint density at radius 2 is 1.86 bits per heavy atom. The van der Waals surface area contributed by atoms with Crippen LogP contribution in [0.3, 0.4) is 0 Å². The third kappa shape index (κ3) is 5.53. The van der Waals surface area contributed by atoms with Crippen LogP contribution < -0.4 is 5.32 Å². The molecule has 0 unspecified atom stereocenters. The molecule has 1 aliphatic carbocycles. The number of furan rings is 1. The third-order valence-electron chi connectivity index (χ3n) is 3.58. The molecule has 1 fully saturated rings. The molecule has 116 valence electrons. The zero-order valence-electron chi connectivity index (χ0n) is 11.9. The van der Waals surface area contributed by atoms with Crippen molar-refractivity contribution >= 4 is 27.8 Å². The van der Waals surface area contributed by atoms with E-state index in [1.807, 2.05) is 0 Å². The molecule has 2 rings (SSSR count). The van der Waals surface area contributed by atoms with Crippen molar-refractivity contribution in [1.29, 1.82) is 0 Å². The predicted molar refractivity (Wildman–Crippen MR) is 80.9 cm³/mol. The highest BCUT2D eigenvalue weighted by Gasteiger charge is 2.17. The second-order valence-electron chi connectivity index (χ2n) is 5.29. The smallest absolute Gasteiger partial charge is 0.374 e. The van der Waals surface area contributed by atoms with Crippen molar-refractivity contribution in [3.63, 3.8) is 0 Å². The average Bonchev–Trinajstić information content (AvgIpc) is 2.86. The second-order valence-corrected chi connectivity index (χ2v) is 6.07. The van der Waals surface area contributed by atoms with E-state index in [-0.39, 0.29) is 24.3 Å². The number of hydrogen-bond acceptors (Lipinski definition) is 4. The summed E-state index contributed by atoms with van der Waals surface area (Å²) in [6.07, 6.45) is 8.05. The number of ether oxygens (including phenoxy) is 1. The summed E-state index contributed by atoms with van der Waals surface area (Å²) < 4.78 is 10.5. The van der Waals surface area contributed by atoms with E-state index in [1.165, 1.54) is 25.3 Å². The average molecular weight is 358 g/mol. The Kier molecular flexibility index (Phi) is 6.29. The van der Waals surface area contributed by atoms with Crippen molar-refractivity contribution < 1.29 is 18.7 Å². The molecule has 0 spiro atoms. The van der Waals surface area contributed by atoms with Gasteiger partial charge in [0.15, 0.2) is 11.3 Å². The van der Waals surface area contributed by atoms with Crippen LogP contribution >= 0.6 is 15.9 Å². The number of amides is 1. The van der Waals surface area contributed by atoms with Gasteiger partial charge in [-0.05, 0) is 40.9 Å². The number of esters is 1. The number of rotatable bonds is 4. The van der Waals surface area contributed by atoms with Gasteiger partial charge in [-0.3, -0.25) is 4.79 Å². The van der Waals surface area contributed by atoms with E-state index in [1.54, 1.807) is 6.07 Å². The van der Waals surface area contributed by atoms with Gasteiger partial charge < -0.3 is 14.5 Å². The lowest BCUT2D eigenvalue weighted by Gasteiger charge is -2.20. The maximum Gasteiger partial charge on any atom is 0.374 e. The lowest BCUT2D eigenvalue weighted by atomic mass is 9.97. The van der Waals surface area contributed by atoms with E-state index in [9.17, 15) is 9.59 Å². The fraction of sp³-hybridized carbons (Fsp3) is 0.600. The maximum atomic E-state index is 11.8. The normalized spacial score (nSPS) is 16.8. The summed E-state index contributed by atoms with van der Waals surface area (Å²) in [7, 11) is 0. The minimum atomic E-state index is -0.631. The van der Waals surface area contributed by atoms with Crippen LogP contribution in [0.2, 0.25) is 0 Å². The van der Waals surface area contributed by atoms with Crippen molar-refractivity contribution in [2.24, 2.45) is 0 Å². The van der Waals surface area contributed by atoms with Crippen molar-refractivity contribution in [1.82, 2.24) is 5.32 Å². The molecule has 0 aliphatic heterocycles. The van der Waals surface area contributed by atoms with Gasteiger partial charge in [0, 0.05) is 6.04 Å². The highest BCUT2D eigenvalue weighted by Crippen LogP contribution is 2.17. The molecule has 5 nitrogen and oxygen atoms in total. The number of hydrogen-bond donors (Lipinski definition) is 1. The van der Waals surface area contributed by atoms with Crippen LogP contribution in [0.4, 0.5) is 0 Å². The maximum absolute atomic E-state index is 11.8. The topological polar surface area (TPSA) is 68.5 Å². The largest absolute Gasteiger partial charge is 0.450 e. The number of nitrogens with one attached hydrogen (secondary N) is 1. The minimum absolute atomic E-state index is 0.0839. The fourth-order valence-corrected chi connectivity index (χ4v) is 2.80. The van der Waals surface area contributed by atoms with E-state index in [0.717, 1.165) is 25.7 Å². The van der Waals surface area contributed by atoms with Gasteiger partial charge in [-0.1, -0.05) is 32.1 Å². The van der Waals surface area contributed by atoms with Gasteiger partial charge >= 0.3 is 5.97 Å². The summed E-state index contributed by atoms with van der Waals surface area (Å²) in [4.78, 5) is 23.5. The first-order chi connectivity index (χ1) is 10.1. The molecule has 1 amide bonds. The standard InChI is InChI=1S/C15H20BrNO4/c16-13-9-8-12(21-13)15(19)20-10-14(18)17-11-6-4-2-1-3-5-7-11/h8-9,11H,1-7,10H2,(H,17,18). The van der Waals surface area contributed by atoms with Gasteiger partial charge in [-0.2, -0.15) is 0 Å². The van der Waals surface area contributed by atoms with Gasteiger partial charge in [0.1, 0.15) is 0 Å². The van der Waals surface area contributed by atoms with Crippen molar-refractivity contribution in [2.45, 2.75) is 51.0 Å². The van der Waals surface area contributed by atoms with Gasteiger partial charge in [-0.15, -0.1) is 0 Å². The van der Waals surface area contributed by atoms with Crippen LogP contribution in [0.15, 0.2) is 21.2 Å². The lowest BCUT2D eigenvalue weighted by molar-refractivity contribution is -0.125. The van der Waals surface area contributed by atoms with Crippen molar-refractivity contribution in [3.05, 3.63) is 22.6 Å². The summed E-state index contributed by atoms with van der Waals surface area (Å²) >= 11 is 3.11. The van der Waals surface area contributed by atoms with Crippen LogP contribution in [0, 0.1) is 0 Å². The summed E-state index contributed by atoms with van der Waals surface area (Å²) in [6.45, 7) is -0.270. The van der Waals surface area contributed by atoms with Gasteiger partial charge in [0.2, 0.25) is 5.76 Å². The summed E-state index contributed by atoms with van der Waals surface area (Å²) in [5, 5.41) is 2.94. The van der Waals surface area contributed by atoms with E-state index in [0.29, 0.717) is 4.67 Å². The van der Waals surface area contributed by atoms with E-state index in [2.05, 4.69) is 21.2 Å². The van der Waals surface area contributed by atoms with Gasteiger partial charge in [0.25, 0.3) is 5.91 Å². The Hall–Kier alpha value is -1.30.